The van der Waals surface area contributed by atoms with Crippen molar-refractivity contribution in [2.75, 3.05) is 0 Å². The van der Waals surface area contributed by atoms with Gasteiger partial charge in [0.2, 0.25) is 0 Å². The largest absolute Gasteiger partial charge is 0.455 e. The fraction of sp³-hybridized carbons (Fsp3) is 1.00. The van der Waals surface area contributed by atoms with Crippen LogP contribution in [0.15, 0.2) is 0 Å². The Morgan fingerprint density at radius 1 is 0.810 bits per heavy atom. The molecule has 0 saturated carbocycles. The molecule has 0 radical (unpaired) electrons. The predicted octanol–water partition coefficient (Wildman–Crippen LogP) is 4.20. The molecule has 1 aliphatic heterocycles. The Balaban J connectivity index is 3.44. The molecule has 2 nitrogen and oxygen atoms in total. The first-order chi connectivity index (χ1) is 9.02. The van der Waals surface area contributed by atoms with Crippen molar-refractivity contribution in [3.63, 3.8) is 0 Å². The second-order valence-electron chi connectivity index (χ2n) is 4.87. The summed E-state index contributed by atoms with van der Waals surface area (Å²) in [5.74, 6) is -16.5. The summed E-state index contributed by atoms with van der Waals surface area (Å²) in [5.41, 5.74) is 0. The van der Waals surface area contributed by atoms with Crippen LogP contribution in [0.1, 0.15) is 20.8 Å². The summed E-state index contributed by atoms with van der Waals surface area (Å²) in [4.78, 5) is 0. The van der Waals surface area contributed by atoms with E-state index in [1.54, 1.807) is 0 Å². The molecule has 126 valence electrons. The summed E-state index contributed by atoms with van der Waals surface area (Å²) < 4.78 is 123. The highest BCUT2D eigenvalue weighted by Gasteiger charge is 2.89. The number of rotatable bonds is 2. The predicted molar refractivity (Wildman–Crippen MR) is 50.1 cm³/mol. The molecule has 1 rings (SSSR count). The molecular weight excluding hydrogens is 323 g/mol. The van der Waals surface area contributed by atoms with Crippen LogP contribution in [0.3, 0.4) is 0 Å². The van der Waals surface area contributed by atoms with Crippen LogP contribution in [-0.4, -0.2) is 36.0 Å². The average molecular weight is 334 g/mol. The van der Waals surface area contributed by atoms with Gasteiger partial charge in [0, 0.05) is 5.92 Å². The van der Waals surface area contributed by atoms with Crippen LogP contribution in [0.2, 0.25) is 0 Å². The number of hydrogen-bond acceptors (Lipinski definition) is 2. The first-order valence-electron chi connectivity index (χ1n) is 5.57. The van der Waals surface area contributed by atoms with Gasteiger partial charge in [-0.3, -0.25) is 0 Å². The molecule has 0 N–H and O–H groups in total. The minimum atomic E-state index is -6.39. The van der Waals surface area contributed by atoms with E-state index in [4.69, 9.17) is 0 Å². The molecule has 4 unspecified atom stereocenters. The zero-order valence-electron chi connectivity index (χ0n) is 10.9. The zero-order valence-corrected chi connectivity index (χ0v) is 10.9. The molecule has 0 aromatic rings. The van der Waals surface area contributed by atoms with Gasteiger partial charge in [-0.1, -0.05) is 6.92 Å². The minimum absolute atomic E-state index is 0.404. The van der Waals surface area contributed by atoms with Crippen LogP contribution in [0.25, 0.3) is 0 Å². The lowest BCUT2D eigenvalue weighted by molar-refractivity contribution is -0.422. The third-order valence-electron chi connectivity index (χ3n) is 3.35. The van der Waals surface area contributed by atoms with E-state index in [9.17, 15) is 39.5 Å². The fourth-order valence-corrected chi connectivity index (χ4v) is 1.79. The molecule has 1 fully saturated rings. The van der Waals surface area contributed by atoms with E-state index in [1.165, 1.54) is 0 Å². The molecule has 0 bridgehead atoms. The molecule has 11 heteroatoms. The second-order valence-corrected chi connectivity index (χ2v) is 4.87. The smallest absolute Gasteiger partial charge is 0.301 e. The second kappa shape index (κ2) is 4.64. The van der Waals surface area contributed by atoms with Gasteiger partial charge in [0.15, 0.2) is 5.79 Å². The SMILES string of the molecule is CC(F)C(C)C1(C)OC(F)(C(F)(F)F)C(F)(C(F)(F)F)O1. The first kappa shape index (κ1) is 18.3. The Morgan fingerprint density at radius 2 is 1.10 bits per heavy atom. The van der Waals surface area contributed by atoms with E-state index >= 15 is 0 Å². The highest BCUT2D eigenvalue weighted by Crippen LogP contribution is 2.61. The summed E-state index contributed by atoms with van der Waals surface area (Å²) >= 11 is 0. The van der Waals surface area contributed by atoms with Gasteiger partial charge in [0.1, 0.15) is 6.17 Å². The maximum absolute atomic E-state index is 13.8. The number of halogens is 9. The average Bonchev–Trinajstić information content (AvgIpc) is 2.46. The Kier molecular flexibility index (Phi) is 4.05. The van der Waals surface area contributed by atoms with Gasteiger partial charge in [0.25, 0.3) is 0 Å². The van der Waals surface area contributed by atoms with Crippen molar-refractivity contribution in [2.45, 2.75) is 56.8 Å². The van der Waals surface area contributed by atoms with Gasteiger partial charge in [-0.25, -0.2) is 4.39 Å². The standard InChI is InChI=1S/C10H11F9O2/c1-4(5(2)11)6(3)20-7(12,9(14,15)16)8(13,21-6)10(17,18)19/h4-5H,1-3H3. The number of hydrogen-bond donors (Lipinski definition) is 0. The van der Waals surface area contributed by atoms with Gasteiger partial charge in [0.05, 0.1) is 0 Å². The van der Waals surface area contributed by atoms with Gasteiger partial charge in [-0.05, 0) is 13.8 Å². The summed E-state index contributed by atoms with van der Waals surface area (Å²) in [6, 6.07) is 0. The van der Waals surface area contributed by atoms with Crippen molar-refractivity contribution in [2.24, 2.45) is 5.92 Å². The van der Waals surface area contributed by atoms with E-state index in [-0.39, 0.29) is 0 Å². The summed E-state index contributed by atoms with van der Waals surface area (Å²) in [5, 5.41) is 0. The highest BCUT2D eigenvalue weighted by molar-refractivity contribution is 5.05. The van der Waals surface area contributed by atoms with E-state index in [1.807, 2.05) is 0 Å². The number of ether oxygens (including phenoxy) is 2. The van der Waals surface area contributed by atoms with Gasteiger partial charge < -0.3 is 9.47 Å². The maximum atomic E-state index is 13.8. The Labute approximate surface area is 113 Å². The van der Waals surface area contributed by atoms with E-state index in [0.717, 1.165) is 13.8 Å². The van der Waals surface area contributed by atoms with Gasteiger partial charge >= 0.3 is 24.1 Å². The highest BCUT2D eigenvalue weighted by atomic mass is 19.4. The van der Waals surface area contributed by atoms with Gasteiger partial charge in [-0.2, -0.15) is 35.1 Å². The number of alkyl halides is 9. The lowest BCUT2D eigenvalue weighted by Crippen LogP contribution is -2.62. The summed E-state index contributed by atoms with van der Waals surface area (Å²) in [6.45, 7) is 1.96. The van der Waals surface area contributed by atoms with Crippen LogP contribution < -0.4 is 0 Å². The Hall–Kier alpha value is -0.710. The molecule has 0 aliphatic carbocycles. The summed E-state index contributed by atoms with van der Waals surface area (Å²) in [6.07, 6.45) is -14.8. The van der Waals surface area contributed by atoms with E-state index in [2.05, 4.69) is 9.47 Å². The van der Waals surface area contributed by atoms with Gasteiger partial charge in [-0.15, -0.1) is 0 Å². The van der Waals surface area contributed by atoms with Crippen LogP contribution in [0.5, 0.6) is 0 Å². The molecule has 1 heterocycles. The lowest BCUT2D eigenvalue weighted by atomic mass is 9.98. The molecule has 0 spiro atoms. The Bertz CT molecular complexity index is 376. The van der Waals surface area contributed by atoms with Crippen molar-refractivity contribution in [1.29, 1.82) is 0 Å². The molecule has 0 aromatic heterocycles. The molecule has 0 amide bonds. The minimum Gasteiger partial charge on any atom is -0.301 e. The molecule has 21 heavy (non-hydrogen) atoms. The molecule has 4 atom stereocenters. The third kappa shape index (κ3) is 2.47. The van der Waals surface area contributed by atoms with Crippen molar-refractivity contribution in [1.82, 2.24) is 0 Å². The van der Waals surface area contributed by atoms with E-state index in [0.29, 0.717) is 6.92 Å². The molecule has 1 aliphatic rings. The first-order valence-corrected chi connectivity index (χ1v) is 5.57. The third-order valence-corrected chi connectivity index (χ3v) is 3.35. The molecular formula is C10H11F9O2. The fourth-order valence-electron chi connectivity index (χ4n) is 1.79. The van der Waals surface area contributed by atoms with Crippen LogP contribution in [0, 0.1) is 5.92 Å². The monoisotopic (exact) mass is 334 g/mol. The van der Waals surface area contributed by atoms with Crippen LogP contribution in [0.4, 0.5) is 39.5 Å². The lowest BCUT2D eigenvalue weighted by Gasteiger charge is -2.32. The van der Waals surface area contributed by atoms with Crippen LogP contribution in [-0.2, 0) is 9.47 Å². The quantitative estimate of drug-likeness (QED) is 0.705. The normalized spacial score (nSPS) is 41.1. The van der Waals surface area contributed by atoms with Crippen molar-refractivity contribution in [3.8, 4) is 0 Å². The zero-order chi connectivity index (χ0) is 17.1. The van der Waals surface area contributed by atoms with E-state index < -0.39 is 41.9 Å². The van der Waals surface area contributed by atoms with Crippen LogP contribution >= 0.6 is 0 Å². The summed E-state index contributed by atoms with van der Waals surface area (Å²) in [7, 11) is 0. The Morgan fingerprint density at radius 3 is 1.29 bits per heavy atom. The van der Waals surface area contributed by atoms with Crippen molar-refractivity contribution >= 4 is 0 Å². The topological polar surface area (TPSA) is 18.5 Å². The molecule has 1 saturated heterocycles. The molecule has 0 aromatic carbocycles. The van der Waals surface area contributed by atoms with Crippen molar-refractivity contribution in [3.05, 3.63) is 0 Å². The maximum Gasteiger partial charge on any atom is 0.455 e. The van der Waals surface area contributed by atoms with Crippen molar-refractivity contribution < 1.29 is 49.0 Å².